The maximum Gasteiger partial charge on any atom is 0.161 e. The van der Waals surface area contributed by atoms with E-state index >= 15 is 0 Å². The van der Waals surface area contributed by atoms with Crippen molar-refractivity contribution in [3.8, 4) is 11.5 Å². The van der Waals surface area contributed by atoms with Gasteiger partial charge in [-0.25, -0.2) is 0 Å². The fourth-order valence-electron chi connectivity index (χ4n) is 2.40. The molecule has 1 unspecified atom stereocenters. The number of unbranched alkanes of at least 4 members (excludes halogenated alkanes) is 2. The van der Waals surface area contributed by atoms with Crippen LogP contribution < -0.4 is 14.8 Å². The molecule has 0 spiro atoms. The fourth-order valence-corrected chi connectivity index (χ4v) is 3.57. The van der Waals surface area contributed by atoms with E-state index in [-0.39, 0.29) is 0 Å². The Labute approximate surface area is 132 Å². The molecule has 0 radical (unpaired) electrons. The first-order valence-electron chi connectivity index (χ1n) is 7.99. The molecule has 0 fully saturated rings. The highest BCUT2D eigenvalue weighted by molar-refractivity contribution is 7.99. The highest BCUT2D eigenvalue weighted by atomic mass is 32.2. The smallest absolute Gasteiger partial charge is 0.161 e. The molecule has 3 nitrogen and oxygen atoms in total. The van der Waals surface area contributed by atoms with Gasteiger partial charge in [-0.2, -0.15) is 11.8 Å². The monoisotopic (exact) mass is 309 g/mol. The molecule has 2 rings (SSSR count). The van der Waals surface area contributed by atoms with Crippen LogP contribution in [0, 0.1) is 0 Å². The molecule has 21 heavy (non-hydrogen) atoms. The molecule has 4 heteroatoms. The van der Waals surface area contributed by atoms with Crippen LogP contribution in [-0.4, -0.2) is 31.8 Å². The summed E-state index contributed by atoms with van der Waals surface area (Å²) < 4.78 is 11.5. The third-order valence-electron chi connectivity index (χ3n) is 3.70. The lowest BCUT2D eigenvalue weighted by atomic mass is 10.1. The lowest BCUT2D eigenvalue weighted by molar-refractivity contribution is 0.297. The average Bonchev–Trinajstić information content (AvgIpc) is 2.75. The van der Waals surface area contributed by atoms with E-state index in [0.717, 1.165) is 36.9 Å². The van der Waals surface area contributed by atoms with Gasteiger partial charge in [0, 0.05) is 18.2 Å². The van der Waals surface area contributed by atoms with Crippen LogP contribution in [0.5, 0.6) is 11.5 Å². The maximum atomic E-state index is 5.78. The van der Waals surface area contributed by atoms with Crippen LogP contribution in [0.1, 0.15) is 44.2 Å². The molecule has 118 valence electrons. The van der Waals surface area contributed by atoms with E-state index in [1.165, 1.54) is 30.6 Å². The Hall–Kier alpha value is -0.870. The van der Waals surface area contributed by atoms with E-state index in [9.17, 15) is 0 Å². The molecule has 1 aromatic carbocycles. The molecule has 1 aliphatic heterocycles. The second kappa shape index (κ2) is 9.21. The van der Waals surface area contributed by atoms with Gasteiger partial charge in [-0.15, -0.1) is 0 Å². The molecule has 0 aromatic heterocycles. The molecule has 1 N–H and O–H groups in total. The number of fused-ring (bicyclic) bond motifs is 1. The zero-order valence-electron chi connectivity index (χ0n) is 13.2. The highest BCUT2D eigenvalue weighted by Crippen LogP contribution is 2.33. The van der Waals surface area contributed by atoms with Gasteiger partial charge in [0.2, 0.25) is 0 Å². The molecule has 0 bridgehead atoms. The number of thioether (sulfide) groups is 1. The molecule has 1 atom stereocenters. The summed E-state index contributed by atoms with van der Waals surface area (Å²) in [5.41, 5.74) is 1.28. The second-order valence-corrected chi connectivity index (χ2v) is 6.53. The fraction of sp³-hybridized carbons (Fsp3) is 0.647. The lowest BCUT2D eigenvalue weighted by Crippen LogP contribution is -2.19. The normalized spacial score (nSPS) is 15.5. The maximum absolute atomic E-state index is 5.78. The van der Waals surface area contributed by atoms with E-state index < -0.39 is 0 Å². The summed E-state index contributed by atoms with van der Waals surface area (Å²) in [7, 11) is 2.03. The Morgan fingerprint density at radius 2 is 2.00 bits per heavy atom. The van der Waals surface area contributed by atoms with Gasteiger partial charge in [0.05, 0.1) is 13.2 Å². The van der Waals surface area contributed by atoms with Crippen LogP contribution >= 0.6 is 11.8 Å². The van der Waals surface area contributed by atoms with Gasteiger partial charge in [0.25, 0.3) is 0 Å². The summed E-state index contributed by atoms with van der Waals surface area (Å²) in [5.74, 6) is 4.11. The van der Waals surface area contributed by atoms with Crippen molar-refractivity contribution >= 4 is 11.8 Å². The van der Waals surface area contributed by atoms with Crippen LogP contribution in [0.25, 0.3) is 0 Å². The Morgan fingerprint density at radius 1 is 1.19 bits per heavy atom. The molecular formula is C17H27NO2S. The number of ether oxygens (including phenoxy) is 2. The minimum atomic E-state index is 0.369. The van der Waals surface area contributed by atoms with Gasteiger partial charge >= 0.3 is 0 Å². The largest absolute Gasteiger partial charge is 0.490 e. The van der Waals surface area contributed by atoms with Gasteiger partial charge in [-0.05, 0) is 36.9 Å². The summed E-state index contributed by atoms with van der Waals surface area (Å²) in [6.45, 7) is 3.74. The van der Waals surface area contributed by atoms with E-state index in [2.05, 4.69) is 24.4 Å². The number of hydrogen-bond donors (Lipinski definition) is 1. The van der Waals surface area contributed by atoms with Crippen LogP contribution in [0.2, 0.25) is 0 Å². The van der Waals surface area contributed by atoms with Crippen molar-refractivity contribution in [1.29, 1.82) is 0 Å². The number of hydrogen-bond acceptors (Lipinski definition) is 4. The van der Waals surface area contributed by atoms with Crippen molar-refractivity contribution in [1.82, 2.24) is 5.32 Å². The lowest BCUT2D eigenvalue weighted by Gasteiger charge is -2.18. The van der Waals surface area contributed by atoms with E-state index in [1.807, 2.05) is 24.9 Å². The van der Waals surface area contributed by atoms with Crippen LogP contribution in [0.3, 0.4) is 0 Å². The van der Waals surface area contributed by atoms with Crippen molar-refractivity contribution in [3.05, 3.63) is 23.8 Å². The van der Waals surface area contributed by atoms with Gasteiger partial charge in [-0.1, -0.05) is 25.8 Å². The first-order chi connectivity index (χ1) is 10.3. The number of benzene rings is 1. The summed E-state index contributed by atoms with van der Waals surface area (Å²) in [4.78, 5) is 0. The van der Waals surface area contributed by atoms with Gasteiger partial charge in [-0.3, -0.25) is 0 Å². The molecule has 0 saturated heterocycles. The van der Waals surface area contributed by atoms with E-state index in [4.69, 9.17) is 9.47 Å². The first-order valence-corrected chi connectivity index (χ1v) is 9.15. The van der Waals surface area contributed by atoms with Gasteiger partial charge < -0.3 is 14.8 Å². The molecule has 0 amide bonds. The highest BCUT2D eigenvalue weighted by Gasteiger charge is 2.15. The standard InChI is InChI=1S/C17H27NO2S/c1-3-4-5-11-21-13-15(18-2)14-7-8-16-17(12-14)20-10-6-9-19-16/h7-8,12,15,18H,3-6,9-11,13H2,1-2H3. The van der Waals surface area contributed by atoms with Crippen LogP contribution in [-0.2, 0) is 0 Å². The average molecular weight is 309 g/mol. The number of nitrogens with one attached hydrogen (secondary N) is 1. The van der Waals surface area contributed by atoms with Gasteiger partial charge in [0.1, 0.15) is 0 Å². The van der Waals surface area contributed by atoms with Crippen molar-refractivity contribution in [2.75, 3.05) is 31.8 Å². The molecule has 0 aliphatic carbocycles. The SMILES string of the molecule is CCCCCSCC(NC)c1ccc2c(c1)OCCCO2. The van der Waals surface area contributed by atoms with Crippen molar-refractivity contribution in [3.63, 3.8) is 0 Å². The molecule has 1 aliphatic rings. The second-order valence-electron chi connectivity index (χ2n) is 5.38. The zero-order valence-corrected chi connectivity index (χ0v) is 14.0. The summed E-state index contributed by atoms with van der Waals surface area (Å²) >= 11 is 2.03. The van der Waals surface area contributed by atoms with Crippen LogP contribution in [0.4, 0.5) is 0 Å². The Morgan fingerprint density at radius 3 is 2.76 bits per heavy atom. The van der Waals surface area contributed by atoms with Crippen molar-refractivity contribution < 1.29 is 9.47 Å². The summed E-state index contributed by atoms with van der Waals surface area (Å²) in [5, 5.41) is 3.41. The van der Waals surface area contributed by atoms with Crippen molar-refractivity contribution in [2.24, 2.45) is 0 Å². The number of rotatable bonds is 8. The third kappa shape index (κ3) is 5.11. The minimum Gasteiger partial charge on any atom is -0.490 e. The van der Waals surface area contributed by atoms with Crippen LogP contribution in [0.15, 0.2) is 18.2 Å². The predicted octanol–water partition coefficient (Wildman–Crippen LogP) is 4.03. The Bertz CT molecular complexity index is 425. The topological polar surface area (TPSA) is 30.5 Å². The zero-order chi connectivity index (χ0) is 14.9. The Kier molecular flexibility index (Phi) is 7.24. The molecule has 1 heterocycles. The summed E-state index contributed by atoms with van der Waals surface area (Å²) in [6.07, 6.45) is 4.89. The van der Waals surface area contributed by atoms with E-state index in [0.29, 0.717) is 6.04 Å². The van der Waals surface area contributed by atoms with E-state index in [1.54, 1.807) is 0 Å². The Balaban J connectivity index is 1.93. The third-order valence-corrected chi connectivity index (χ3v) is 4.85. The first kappa shape index (κ1) is 16.5. The molecular weight excluding hydrogens is 282 g/mol. The minimum absolute atomic E-state index is 0.369. The summed E-state index contributed by atoms with van der Waals surface area (Å²) in [6, 6.07) is 6.70. The van der Waals surface area contributed by atoms with Gasteiger partial charge in [0.15, 0.2) is 11.5 Å². The molecule has 0 saturated carbocycles. The van der Waals surface area contributed by atoms with Crippen molar-refractivity contribution in [2.45, 2.75) is 38.6 Å². The predicted molar refractivity (Wildman–Crippen MR) is 90.7 cm³/mol. The quantitative estimate of drug-likeness (QED) is 0.734. The molecule has 1 aromatic rings.